The number of hydrogen-bond acceptors (Lipinski definition) is 5. The number of rotatable bonds is 3. The quantitative estimate of drug-likeness (QED) is 0.803. The molecule has 0 aliphatic heterocycles. The Labute approximate surface area is 121 Å². The minimum atomic E-state index is -1.23. The van der Waals surface area contributed by atoms with Gasteiger partial charge in [-0.15, -0.1) is 11.3 Å². The first kappa shape index (κ1) is 13.1. The molecular formula is C13H6FN3O3S. The number of hydrogen-bond donors (Lipinski definition) is 1. The second-order valence-electron chi connectivity index (χ2n) is 3.95. The molecule has 6 nitrogen and oxygen atoms in total. The number of benzene rings is 1. The summed E-state index contributed by atoms with van der Waals surface area (Å²) in [6, 6.07) is 5.54. The van der Waals surface area contributed by atoms with Gasteiger partial charge in [0.25, 0.3) is 5.88 Å². The maximum atomic E-state index is 13.5. The van der Waals surface area contributed by atoms with Gasteiger partial charge in [0.15, 0.2) is 10.7 Å². The predicted molar refractivity (Wildman–Crippen MR) is 71.2 cm³/mol. The molecule has 1 N–H and O–H groups in total. The Kier molecular flexibility index (Phi) is 3.04. The fourth-order valence-electron chi connectivity index (χ4n) is 1.83. The van der Waals surface area contributed by atoms with Gasteiger partial charge in [-0.05, 0) is 12.1 Å². The Morgan fingerprint density at radius 1 is 1.52 bits per heavy atom. The van der Waals surface area contributed by atoms with Crippen LogP contribution in [0.15, 0.2) is 29.8 Å². The second kappa shape index (κ2) is 4.88. The van der Waals surface area contributed by atoms with Gasteiger partial charge >= 0.3 is 5.97 Å². The van der Waals surface area contributed by atoms with Crippen molar-refractivity contribution in [3.63, 3.8) is 0 Å². The summed E-state index contributed by atoms with van der Waals surface area (Å²) in [7, 11) is 0. The number of fused-ring (bicyclic) bond motifs is 1. The van der Waals surface area contributed by atoms with Crippen LogP contribution in [0, 0.1) is 17.1 Å². The van der Waals surface area contributed by atoms with Gasteiger partial charge in [-0.2, -0.15) is 10.2 Å². The van der Waals surface area contributed by atoms with Crippen molar-refractivity contribution in [1.29, 1.82) is 5.26 Å². The summed E-state index contributed by atoms with van der Waals surface area (Å²) in [6.45, 7) is 0. The molecule has 2 heterocycles. The maximum Gasteiger partial charge on any atom is 0.358 e. The molecule has 0 saturated carbocycles. The number of ether oxygens (including phenoxy) is 1. The Morgan fingerprint density at radius 3 is 3.05 bits per heavy atom. The third-order valence-corrected chi connectivity index (χ3v) is 3.48. The molecule has 0 atom stereocenters. The summed E-state index contributed by atoms with van der Waals surface area (Å²) in [5, 5.41) is 19.9. The van der Waals surface area contributed by atoms with Crippen LogP contribution in [-0.2, 0) is 0 Å². The Morgan fingerprint density at radius 2 is 2.33 bits per heavy atom. The summed E-state index contributed by atoms with van der Waals surface area (Å²) < 4.78 is 20.2. The fraction of sp³-hybridized carbons (Fsp3) is 0. The molecule has 0 aliphatic rings. The third kappa shape index (κ3) is 2.09. The van der Waals surface area contributed by atoms with Crippen molar-refractivity contribution in [1.82, 2.24) is 9.38 Å². The van der Waals surface area contributed by atoms with Gasteiger partial charge in [-0.3, -0.25) is 4.40 Å². The number of carboxylic acid groups (broad SMARTS) is 1. The lowest BCUT2D eigenvalue weighted by Gasteiger charge is -2.05. The summed E-state index contributed by atoms with van der Waals surface area (Å²) in [5.41, 5.74) is -0.482. The summed E-state index contributed by atoms with van der Waals surface area (Å²) in [5.74, 6) is -2.24. The van der Waals surface area contributed by atoms with Gasteiger partial charge in [0.2, 0.25) is 0 Å². The van der Waals surface area contributed by atoms with Crippen LogP contribution in [0.1, 0.15) is 16.1 Å². The van der Waals surface area contributed by atoms with E-state index in [2.05, 4.69) is 4.98 Å². The molecule has 0 aliphatic carbocycles. The van der Waals surface area contributed by atoms with Gasteiger partial charge in [0, 0.05) is 11.6 Å². The SMILES string of the molecule is N#Cc1c(F)cccc1Oc1nc2sccn2c1C(=O)O. The zero-order valence-corrected chi connectivity index (χ0v) is 11.1. The highest BCUT2D eigenvalue weighted by atomic mass is 32.1. The van der Waals surface area contributed by atoms with E-state index in [0.29, 0.717) is 4.96 Å². The largest absolute Gasteiger partial charge is 0.476 e. The topological polar surface area (TPSA) is 87.6 Å². The van der Waals surface area contributed by atoms with Crippen LogP contribution < -0.4 is 4.74 Å². The molecule has 0 fully saturated rings. The molecule has 0 saturated heterocycles. The first-order valence-electron chi connectivity index (χ1n) is 5.67. The molecule has 0 bridgehead atoms. The van der Waals surface area contributed by atoms with Crippen LogP contribution in [-0.4, -0.2) is 20.5 Å². The lowest BCUT2D eigenvalue weighted by Crippen LogP contribution is -2.03. The summed E-state index contributed by atoms with van der Waals surface area (Å²) in [4.78, 5) is 15.8. The molecule has 0 unspecified atom stereocenters. The van der Waals surface area contributed by atoms with Crippen molar-refractivity contribution >= 4 is 22.3 Å². The van der Waals surface area contributed by atoms with E-state index in [1.807, 2.05) is 0 Å². The molecule has 0 amide bonds. The van der Waals surface area contributed by atoms with E-state index in [1.54, 1.807) is 17.6 Å². The average molecular weight is 303 g/mol. The Balaban J connectivity index is 2.13. The van der Waals surface area contributed by atoms with Gasteiger partial charge < -0.3 is 9.84 Å². The van der Waals surface area contributed by atoms with Crippen molar-refractivity contribution in [3.05, 3.63) is 46.9 Å². The van der Waals surface area contributed by atoms with Gasteiger partial charge in [-0.25, -0.2) is 9.18 Å². The van der Waals surface area contributed by atoms with Crippen LogP contribution in [0.4, 0.5) is 4.39 Å². The van der Waals surface area contributed by atoms with E-state index in [0.717, 1.165) is 6.07 Å². The molecule has 0 spiro atoms. The van der Waals surface area contributed by atoms with Crippen molar-refractivity contribution in [3.8, 4) is 17.7 Å². The average Bonchev–Trinajstić information content (AvgIpc) is 2.98. The van der Waals surface area contributed by atoms with Crippen molar-refractivity contribution < 1.29 is 19.0 Å². The fourth-order valence-corrected chi connectivity index (χ4v) is 2.54. The standard InChI is InChI=1S/C13H6FN3O3S/c14-8-2-1-3-9(7(8)6-15)20-11-10(12(18)19)17-4-5-21-13(17)16-11/h1-5H,(H,18,19). The molecule has 104 valence electrons. The van der Waals surface area contributed by atoms with Crippen molar-refractivity contribution in [2.75, 3.05) is 0 Å². The van der Waals surface area contributed by atoms with Crippen LogP contribution in [0.2, 0.25) is 0 Å². The highest BCUT2D eigenvalue weighted by molar-refractivity contribution is 7.15. The van der Waals surface area contributed by atoms with Crippen LogP contribution in [0.3, 0.4) is 0 Å². The summed E-state index contributed by atoms with van der Waals surface area (Å²) in [6.07, 6.45) is 1.54. The number of thiazole rings is 1. The predicted octanol–water partition coefficient (Wildman–Crippen LogP) is 2.90. The monoisotopic (exact) mass is 303 g/mol. The van der Waals surface area contributed by atoms with Gasteiger partial charge in [-0.1, -0.05) is 6.07 Å². The first-order chi connectivity index (χ1) is 10.1. The molecule has 3 rings (SSSR count). The number of halogens is 1. The van der Waals surface area contributed by atoms with Crippen molar-refractivity contribution in [2.24, 2.45) is 0 Å². The molecule has 2 aromatic heterocycles. The number of aromatic nitrogens is 2. The highest BCUT2D eigenvalue weighted by Crippen LogP contribution is 2.30. The Hall–Kier alpha value is -2.92. The minimum absolute atomic E-state index is 0.0780. The van der Waals surface area contributed by atoms with E-state index >= 15 is 0 Å². The van der Waals surface area contributed by atoms with Crippen LogP contribution in [0.5, 0.6) is 11.6 Å². The lowest BCUT2D eigenvalue weighted by molar-refractivity contribution is 0.0686. The normalized spacial score (nSPS) is 10.5. The smallest absolute Gasteiger partial charge is 0.358 e. The van der Waals surface area contributed by atoms with Crippen molar-refractivity contribution in [2.45, 2.75) is 0 Å². The minimum Gasteiger partial charge on any atom is -0.476 e. The number of nitriles is 1. The lowest BCUT2D eigenvalue weighted by atomic mass is 10.2. The number of aromatic carboxylic acids is 1. The van der Waals surface area contributed by atoms with Crippen LogP contribution in [0.25, 0.3) is 4.96 Å². The van der Waals surface area contributed by atoms with Gasteiger partial charge in [0.05, 0.1) is 0 Å². The number of imidazole rings is 1. The first-order valence-corrected chi connectivity index (χ1v) is 6.55. The number of carbonyl (C=O) groups is 1. The maximum absolute atomic E-state index is 13.5. The van der Waals surface area contributed by atoms with Gasteiger partial charge in [0.1, 0.15) is 23.2 Å². The van der Waals surface area contributed by atoms with Crippen LogP contribution >= 0.6 is 11.3 Å². The van der Waals surface area contributed by atoms with E-state index in [9.17, 15) is 14.3 Å². The number of carboxylic acids is 1. The molecule has 21 heavy (non-hydrogen) atoms. The third-order valence-electron chi connectivity index (χ3n) is 2.73. The molecule has 8 heteroatoms. The number of nitrogens with zero attached hydrogens (tertiary/aromatic N) is 3. The Bertz CT molecular complexity index is 894. The van der Waals surface area contributed by atoms with E-state index in [4.69, 9.17) is 10.00 Å². The molecular weight excluding hydrogens is 297 g/mol. The van der Waals surface area contributed by atoms with E-state index in [-0.39, 0.29) is 22.9 Å². The van der Waals surface area contributed by atoms with E-state index < -0.39 is 11.8 Å². The zero-order chi connectivity index (χ0) is 15.0. The zero-order valence-electron chi connectivity index (χ0n) is 10.3. The summed E-state index contributed by atoms with van der Waals surface area (Å²) >= 11 is 1.23. The highest BCUT2D eigenvalue weighted by Gasteiger charge is 2.22. The second-order valence-corrected chi connectivity index (χ2v) is 4.83. The van der Waals surface area contributed by atoms with E-state index in [1.165, 1.54) is 27.9 Å². The molecule has 1 aromatic carbocycles. The molecule has 0 radical (unpaired) electrons. The molecule has 3 aromatic rings.